The molecule has 1 atom stereocenters. The molecule has 0 spiro atoms. The van der Waals surface area contributed by atoms with Crippen LogP contribution in [0.1, 0.15) is 48.8 Å². The summed E-state index contributed by atoms with van der Waals surface area (Å²) < 4.78 is 33.3. The summed E-state index contributed by atoms with van der Waals surface area (Å²) in [5, 5.41) is 3.66. The molecule has 1 saturated carbocycles. The molecule has 1 fully saturated rings. The molecule has 1 unspecified atom stereocenters. The van der Waals surface area contributed by atoms with Crippen LogP contribution in [0.3, 0.4) is 0 Å². The van der Waals surface area contributed by atoms with E-state index in [0.717, 1.165) is 53.8 Å². The van der Waals surface area contributed by atoms with Gasteiger partial charge in [-0.25, -0.2) is 8.42 Å². The van der Waals surface area contributed by atoms with Crippen LogP contribution in [-0.2, 0) is 39.2 Å². The predicted molar refractivity (Wildman–Crippen MR) is 190 cm³/mol. The second-order valence-electron chi connectivity index (χ2n) is 12.2. The standard InChI is InChI=1S/C38H42ClN3O5S/c1-48(45,46)42(33-21-23-34(24-22-33)47-28-30-15-7-3-8-16-30)27-37(43)41(26-31-17-11-12-20-35(31)39)36(25-29-13-5-2-6-14-29)38(44)40-32-18-9-4-10-19-32/h2-3,5-8,11-17,20-24,32,36H,4,9-10,18-19,25-28H2,1H3,(H,40,44). The Morgan fingerprint density at radius 1 is 0.833 bits per heavy atom. The Kier molecular flexibility index (Phi) is 12.1. The number of carbonyl (C=O) groups is 2. The van der Waals surface area contributed by atoms with Gasteiger partial charge in [0.15, 0.2) is 0 Å². The van der Waals surface area contributed by atoms with Crippen LogP contribution in [0.2, 0.25) is 5.02 Å². The predicted octanol–water partition coefficient (Wildman–Crippen LogP) is 6.77. The largest absolute Gasteiger partial charge is 0.489 e. The molecule has 252 valence electrons. The SMILES string of the molecule is CS(=O)(=O)N(CC(=O)N(Cc1ccccc1Cl)C(Cc1ccccc1)C(=O)NC1CCCCC1)c1ccc(OCc2ccccc2)cc1. The number of anilines is 1. The molecule has 0 heterocycles. The Balaban J connectivity index is 1.44. The maximum atomic E-state index is 14.4. The zero-order valence-electron chi connectivity index (χ0n) is 27.1. The van der Waals surface area contributed by atoms with Gasteiger partial charge >= 0.3 is 0 Å². The third-order valence-corrected chi connectivity index (χ3v) is 10.1. The van der Waals surface area contributed by atoms with E-state index in [1.807, 2.05) is 72.8 Å². The number of hydrogen-bond donors (Lipinski definition) is 1. The van der Waals surface area contributed by atoms with E-state index in [4.69, 9.17) is 16.3 Å². The molecular formula is C38H42ClN3O5S. The van der Waals surface area contributed by atoms with E-state index in [9.17, 15) is 18.0 Å². The molecule has 0 saturated heterocycles. The lowest BCUT2D eigenvalue weighted by Gasteiger charge is -2.35. The molecule has 0 aromatic heterocycles. The molecule has 4 aromatic rings. The summed E-state index contributed by atoms with van der Waals surface area (Å²) in [6.07, 6.45) is 6.30. The highest BCUT2D eigenvalue weighted by Crippen LogP contribution is 2.26. The molecular weight excluding hydrogens is 646 g/mol. The number of amides is 2. The average Bonchev–Trinajstić information content (AvgIpc) is 3.09. The highest BCUT2D eigenvalue weighted by Gasteiger charge is 2.34. The van der Waals surface area contributed by atoms with Gasteiger partial charge in [0.2, 0.25) is 21.8 Å². The number of nitrogens with zero attached hydrogens (tertiary/aromatic N) is 2. The van der Waals surface area contributed by atoms with Gasteiger partial charge in [-0.15, -0.1) is 0 Å². The zero-order chi connectivity index (χ0) is 33.9. The van der Waals surface area contributed by atoms with Crippen LogP contribution in [0.5, 0.6) is 5.75 Å². The third-order valence-electron chi connectivity index (χ3n) is 8.57. The van der Waals surface area contributed by atoms with Gasteiger partial charge in [-0.2, -0.15) is 0 Å². The van der Waals surface area contributed by atoms with E-state index in [1.165, 1.54) is 4.90 Å². The van der Waals surface area contributed by atoms with Gasteiger partial charge < -0.3 is 15.0 Å². The van der Waals surface area contributed by atoms with Crippen LogP contribution < -0.4 is 14.4 Å². The quantitative estimate of drug-likeness (QED) is 0.158. The number of ether oxygens (including phenoxy) is 1. The van der Waals surface area contributed by atoms with Crippen LogP contribution in [-0.4, -0.2) is 50.0 Å². The summed E-state index contributed by atoms with van der Waals surface area (Å²) in [6, 6.07) is 32.1. The topological polar surface area (TPSA) is 96.0 Å². The maximum Gasteiger partial charge on any atom is 0.244 e. The number of rotatable bonds is 14. The van der Waals surface area contributed by atoms with Crippen molar-refractivity contribution in [3.8, 4) is 5.75 Å². The van der Waals surface area contributed by atoms with Gasteiger partial charge in [-0.05, 0) is 59.9 Å². The first-order valence-corrected chi connectivity index (χ1v) is 18.5. The van der Waals surface area contributed by atoms with Crippen molar-refractivity contribution in [3.05, 3.63) is 131 Å². The second-order valence-corrected chi connectivity index (χ2v) is 14.5. The monoisotopic (exact) mass is 687 g/mol. The minimum atomic E-state index is -3.90. The lowest BCUT2D eigenvalue weighted by atomic mass is 9.94. The van der Waals surface area contributed by atoms with Crippen molar-refractivity contribution >= 4 is 39.1 Å². The van der Waals surface area contributed by atoms with Gasteiger partial charge in [0.05, 0.1) is 11.9 Å². The summed E-state index contributed by atoms with van der Waals surface area (Å²) in [5.41, 5.74) is 2.84. The van der Waals surface area contributed by atoms with Crippen molar-refractivity contribution in [2.75, 3.05) is 17.1 Å². The first kappa shape index (κ1) is 35.0. The maximum absolute atomic E-state index is 14.4. The van der Waals surface area contributed by atoms with E-state index in [2.05, 4.69) is 5.32 Å². The highest BCUT2D eigenvalue weighted by atomic mass is 35.5. The molecule has 1 aliphatic carbocycles. The average molecular weight is 688 g/mol. The smallest absolute Gasteiger partial charge is 0.244 e. The van der Waals surface area contributed by atoms with Crippen LogP contribution >= 0.6 is 11.6 Å². The fourth-order valence-electron chi connectivity index (χ4n) is 5.97. The molecule has 0 bridgehead atoms. The number of nitrogens with one attached hydrogen (secondary N) is 1. The van der Waals surface area contributed by atoms with Gasteiger partial charge in [-0.1, -0.05) is 110 Å². The minimum absolute atomic E-state index is 0.0249. The second kappa shape index (κ2) is 16.7. The number of benzene rings is 4. The fourth-order valence-corrected chi connectivity index (χ4v) is 7.02. The number of carbonyl (C=O) groups excluding carboxylic acids is 2. The number of hydrogen-bond acceptors (Lipinski definition) is 5. The molecule has 10 heteroatoms. The minimum Gasteiger partial charge on any atom is -0.489 e. The molecule has 4 aromatic carbocycles. The molecule has 8 nitrogen and oxygen atoms in total. The first-order valence-electron chi connectivity index (χ1n) is 16.3. The number of halogens is 1. The van der Waals surface area contributed by atoms with Crippen molar-refractivity contribution in [1.29, 1.82) is 0 Å². The van der Waals surface area contributed by atoms with E-state index >= 15 is 0 Å². The van der Waals surface area contributed by atoms with E-state index in [-0.39, 0.29) is 24.9 Å². The molecule has 48 heavy (non-hydrogen) atoms. The summed E-state index contributed by atoms with van der Waals surface area (Å²) in [5.74, 6) is -0.230. The van der Waals surface area contributed by atoms with E-state index in [0.29, 0.717) is 28.6 Å². The summed E-state index contributed by atoms with van der Waals surface area (Å²) in [7, 11) is -3.90. The van der Waals surface area contributed by atoms with Gasteiger partial charge in [-0.3, -0.25) is 13.9 Å². The van der Waals surface area contributed by atoms with Gasteiger partial charge in [0.1, 0.15) is 24.9 Å². The molecule has 5 rings (SSSR count). The van der Waals surface area contributed by atoms with Crippen molar-refractivity contribution in [2.24, 2.45) is 0 Å². The Morgan fingerprint density at radius 3 is 2.06 bits per heavy atom. The molecule has 2 amide bonds. The highest BCUT2D eigenvalue weighted by molar-refractivity contribution is 7.92. The first-order chi connectivity index (χ1) is 23.2. The number of sulfonamides is 1. The van der Waals surface area contributed by atoms with Crippen molar-refractivity contribution < 1.29 is 22.7 Å². The molecule has 0 radical (unpaired) electrons. The van der Waals surface area contributed by atoms with Crippen molar-refractivity contribution in [2.45, 2.75) is 63.8 Å². The Labute approximate surface area is 288 Å². The van der Waals surface area contributed by atoms with Crippen LogP contribution in [0, 0.1) is 0 Å². The van der Waals surface area contributed by atoms with Gasteiger partial charge in [0.25, 0.3) is 0 Å². The Hall–Kier alpha value is -4.34. The normalized spacial score (nSPS) is 14.1. The fraction of sp³-hybridized carbons (Fsp3) is 0.316. The summed E-state index contributed by atoms with van der Waals surface area (Å²) in [6.45, 7) is -0.120. The van der Waals surface area contributed by atoms with Gasteiger partial charge in [0, 0.05) is 24.0 Å². The summed E-state index contributed by atoms with van der Waals surface area (Å²) in [4.78, 5) is 30.0. The molecule has 1 N–H and O–H groups in total. The van der Waals surface area contributed by atoms with Crippen molar-refractivity contribution in [1.82, 2.24) is 10.2 Å². The van der Waals surface area contributed by atoms with Crippen molar-refractivity contribution in [3.63, 3.8) is 0 Å². The zero-order valence-corrected chi connectivity index (χ0v) is 28.7. The Morgan fingerprint density at radius 2 is 1.44 bits per heavy atom. The third kappa shape index (κ3) is 9.84. The lowest BCUT2D eigenvalue weighted by molar-refractivity contribution is -0.140. The molecule has 0 aliphatic heterocycles. The van der Waals surface area contributed by atoms with E-state index in [1.54, 1.807) is 36.4 Å². The molecule has 1 aliphatic rings. The lowest BCUT2D eigenvalue weighted by Crippen LogP contribution is -2.55. The van der Waals surface area contributed by atoms with Crippen LogP contribution in [0.4, 0.5) is 5.69 Å². The Bertz CT molecular complexity index is 1750. The van der Waals surface area contributed by atoms with E-state index < -0.39 is 28.5 Å². The van der Waals surface area contributed by atoms with Crippen LogP contribution in [0.25, 0.3) is 0 Å². The van der Waals surface area contributed by atoms with Crippen LogP contribution in [0.15, 0.2) is 109 Å². The summed E-state index contributed by atoms with van der Waals surface area (Å²) >= 11 is 6.57.